The van der Waals surface area contributed by atoms with Crippen molar-refractivity contribution in [1.29, 1.82) is 0 Å². The Bertz CT molecular complexity index is 842. The molecule has 0 bridgehead atoms. The molecule has 0 aliphatic carbocycles. The molecule has 2 aromatic rings. The number of hydrogen-bond donors (Lipinski definition) is 0. The van der Waals surface area contributed by atoms with Crippen molar-refractivity contribution < 1.29 is 26.3 Å². The highest BCUT2D eigenvalue weighted by atomic mass is 32.2. The van der Waals surface area contributed by atoms with Crippen LogP contribution in [0.2, 0.25) is 0 Å². The number of hydrogen-bond acceptors (Lipinski definition) is 5. The second-order valence-corrected chi connectivity index (χ2v) is 7.47. The SMILES string of the molecule is O=S(=O)(c1cc(F)cc(F)c1)N1CCCC(Oc2ncc(F)cn2)C1. The fraction of sp³-hybridized carbons (Fsp3) is 0.333. The van der Waals surface area contributed by atoms with Crippen LogP contribution in [0.25, 0.3) is 0 Å². The average molecular weight is 373 g/mol. The van der Waals surface area contributed by atoms with E-state index >= 15 is 0 Å². The van der Waals surface area contributed by atoms with E-state index in [-0.39, 0.29) is 19.1 Å². The molecule has 25 heavy (non-hydrogen) atoms. The fourth-order valence-corrected chi connectivity index (χ4v) is 4.11. The number of rotatable bonds is 4. The maximum Gasteiger partial charge on any atom is 0.316 e. The van der Waals surface area contributed by atoms with Gasteiger partial charge in [-0.25, -0.2) is 31.6 Å². The lowest BCUT2D eigenvalue weighted by molar-refractivity contribution is 0.119. The monoisotopic (exact) mass is 373 g/mol. The molecule has 1 aliphatic rings. The molecule has 2 heterocycles. The highest BCUT2D eigenvalue weighted by Crippen LogP contribution is 2.23. The molecule has 6 nitrogen and oxygen atoms in total. The number of nitrogens with zero attached hydrogens (tertiary/aromatic N) is 3. The lowest BCUT2D eigenvalue weighted by atomic mass is 10.1. The van der Waals surface area contributed by atoms with Gasteiger partial charge >= 0.3 is 6.01 Å². The van der Waals surface area contributed by atoms with Crippen molar-refractivity contribution in [2.75, 3.05) is 13.1 Å². The van der Waals surface area contributed by atoms with Crippen molar-refractivity contribution in [2.24, 2.45) is 0 Å². The number of halogens is 3. The third-order valence-electron chi connectivity index (χ3n) is 3.68. The first-order valence-corrected chi connectivity index (χ1v) is 8.89. The summed E-state index contributed by atoms with van der Waals surface area (Å²) in [5.41, 5.74) is 0. The predicted molar refractivity (Wildman–Crippen MR) is 80.8 cm³/mol. The Labute approximate surface area is 142 Å². The van der Waals surface area contributed by atoms with Crippen LogP contribution in [-0.2, 0) is 10.0 Å². The maximum atomic E-state index is 13.3. The topological polar surface area (TPSA) is 72.4 Å². The molecule has 0 spiro atoms. The standard InChI is InChI=1S/C15H14F3N3O3S/c16-10-4-11(17)6-14(5-10)25(22,23)21-3-1-2-13(9-21)24-15-19-7-12(18)8-20-15/h4-8,13H,1-3,9H2. The van der Waals surface area contributed by atoms with Crippen molar-refractivity contribution in [1.82, 2.24) is 14.3 Å². The molecule has 1 aromatic heterocycles. The molecular weight excluding hydrogens is 359 g/mol. The van der Waals surface area contributed by atoms with Crippen LogP contribution < -0.4 is 4.74 Å². The Balaban J connectivity index is 1.76. The number of benzene rings is 1. The molecular formula is C15H14F3N3O3S. The molecule has 1 saturated heterocycles. The molecule has 1 aliphatic heterocycles. The molecule has 0 N–H and O–H groups in total. The van der Waals surface area contributed by atoms with Crippen molar-refractivity contribution in [3.63, 3.8) is 0 Å². The van der Waals surface area contributed by atoms with E-state index in [0.717, 1.165) is 28.8 Å². The lowest BCUT2D eigenvalue weighted by Crippen LogP contribution is -2.44. The Kier molecular flexibility index (Phi) is 4.91. The molecule has 10 heteroatoms. The fourth-order valence-electron chi connectivity index (χ4n) is 2.56. The van der Waals surface area contributed by atoms with Crippen molar-refractivity contribution in [3.8, 4) is 6.01 Å². The Morgan fingerprint density at radius 1 is 1.04 bits per heavy atom. The van der Waals surface area contributed by atoms with Gasteiger partial charge in [0, 0.05) is 12.6 Å². The van der Waals surface area contributed by atoms with Gasteiger partial charge in [-0.05, 0) is 25.0 Å². The molecule has 0 radical (unpaired) electrons. The van der Waals surface area contributed by atoms with Gasteiger partial charge in [0.2, 0.25) is 10.0 Å². The molecule has 134 valence electrons. The van der Waals surface area contributed by atoms with Crippen LogP contribution in [-0.4, -0.2) is 41.9 Å². The Hall–Kier alpha value is -2.20. The summed E-state index contributed by atoms with van der Waals surface area (Å²) in [4.78, 5) is 6.88. The summed E-state index contributed by atoms with van der Waals surface area (Å²) in [6.45, 7) is 0.172. The van der Waals surface area contributed by atoms with Crippen LogP contribution in [0.3, 0.4) is 0 Å². The van der Waals surface area contributed by atoms with Gasteiger partial charge in [0.05, 0.1) is 23.8 Å². The van der Waals surface area contributed by atoms with Crippen molar-refractivity contribution in [2.45, 2.75) is 23.8 Å². The van der Waals surface area contributed by atoms with E-state index in [9.17, 15) is 21.6 Å². The summed E-state index contributed by atoms with van der Waals surface area (Å²) in [7, 11) is -4.07. The van der Waals surface area contributed by atoms with E-state index < -0.39 is 38.5 Å². The molecule has 0 saturated carbocycles. The number of ether oxygens (including phenoxy) is 1. The van der Waals surface area contributed by atoms with Gasteiger partial charge < -0.3 is 4.74 Å². The predicted octanol–water partition coefficient (Wildman–Crippen LogP) is 2.13. The minimum absolute atomic E-state index is 0.0266. The highest BCUT2D eigenvalue weighted by Gasteiger charge is 2.32. The molecule has 1 fully saturated rings. The molecule has 1 aromatic carbocycles. The van der Waals surface area contributed by atoms with E-state index in [1.165, 1.54) is 0 Å². The quantitative estimate of drug-likeness (QED) is 0.821. The normalized spacial score (nSPS) is 18.9. The first-order chi connectivity index (χ1) is 11.8. The summed E-state index contributed by atoms with van der Waals surface area (Å²) in [6, 6.07) is 2.08. The van der Waals surface area contributed by atoms with E-state index in [4.69, 9.17) is 4.74 Å². The van der Waals surface area contributed by atoms with Crippen LogP contribution in [0, 0.1) is 17.5 Å². The third-order valence-corrected chi connectivity index (χ3v) is 5.53. The summed E-state index contributed by atoms with van der Waals surface area (Å²) in [6.07, 6.45) is 2.37. The minimum atomic E-state index is -4.07. The number of aromatic nitrogens is 2. The van der Waals surface area contributed by atoms with Crippen molar-refractivity contribution in [3.05, 3.63) is 48.0 Å². The zero-order chi connectivity index (χ0) is 18.0. The summed E-state index contributed by atoms with van der Waals surface area (Å²) in [5.74, 6) is -2.56. The first-order valence-electron chi connectivity index (χ1n) is 7.45. The molecule has 1 atom stereocenters. The Morgan fingerprint density at radius 2 is 1.68 bits per heavy atom. The van der Waals surface area contributed by atoms with Crippen LogP contribution in [0.5, 0.6) is 6.01 Å². The largest absolute Gasteiger partial charge is 0.459 e. The second-order valence-electron chi connectivity index (χ2n) is 5.53. The summed E-state index contributed by atoms with van der Waals surface area (Å²) in [5, 5.41) is 0. The molecule has 1 unspecified atom stereocenters. The lowest BCUT2D eigenvalue weighted by Gasteiger charge is -2.31. The number of sulfonamides is 1. The van der Waals surface area contributed by atoms with E-state index in [1.54, 1.807) is 0 Å². The third kappa shape index (κ3) is 4.07. The Morgan fingerprint density at radius 3 is 2.32 bits per heavy atom. The zero-order valence-electron chi connectivity index (χ0n) is 12.9. The van der Waals surface area contributed by atoms with Gasteiger partial charge in [-0.2, -0.15) is 4.31 Å². The second kappa shape index (κ2) is 6.96. The first kappa shape index (κ1) is 17.6. The van der Waals surface area contributed by atoms with Crippen LogP contribution >= 0.6 is 0 Å². The van der Waals surface area contributed by atoms with Crippen LogP contribution in [0.4, 0.5) is 13.2 Å². The number of piperidine rings is 1. The average Bonchev–Trinajstić information content (AvgIpc) is 2.56. The van der Waals surface area contributed by atoms with Gasteiger partial charge in [0.25, 0.3) is 0 Å². The van der Waals surface area contributed by atoms with Gasteiger partial charge in [-0.15, -0.1) is 0 Å². The van der Waals surface area contributed by atoms with Crippen molar-refractivity contribution >= 4 is 10.0 Å². The summed E-state index contributed by atoms with van der Waals surface area (Å²) >= 11 is 0. The van der Waals surface area contributed by atoms with Gasteiger partial charge in [-0.1, -0.05) is 0 Å². The van der Waals surface area contributed by atoms with Gasteiger partial charge in [0.15, 0.2) is 5.82 Å². The van der Waals surface area contributed by atoms with E-state index in [1.807, 2.05) is 0 Å². The van der Waals surface area contributed by atoms with E-state index in [2.05, 4.69) is 9.97 Å². The maximum absolute atomic E-state index is 13.3. The highest BCUT2D eigenvalue weighted by molar-refractivity contribution is 7.89. The minimum Gasteiger partial charge on any atom is -0.459 e. The van der Waals surface area contributed by atoms with Crippen LogP contribution in [0.15, 0.2) is 35.5 Å². The van der Waals surface area contributed by atoms with Crippen LogP contribution in [0.1, 0.15) is 12.8 Å². The molecule has 0 amide bonds. The van der Waals surface area contributed by atoms with Gasteiger partial charge in [-0.3, -0.25) is 0 Å². The zero-order valence-corrected chi connectivity index (χ0v) is 13.7. The smallest absolute Gasteiger partial charge is 0.316 e. The van der Waals surface area contributed by atoms with Gasteiger partial charge in [0.1, 0.15) is 17.7 Å². The van der Waals surface area contributed by atoms with E-state index in [0.29, 0.717) is 18.9 Å². The molecule has 3 rings (SSSR count). The summed E-state index contributed by atoms with van der Waals surface area (Å²) < 4.78 is 71.2.